The smallest absolute Gasteiger partial charge is 0.243 e. The number of rotatable bonds is 6. The molecule has 10 heteroatoms. The van der Waals surface area contributed by atoms with Gasteiger partial charge >= 0.3 is 0 Å². The minimum atomic E-state index is -3.86. The quantitative estimate of drug-likeness (QED) is 0.574. The van der Waals surface area contributed by atoms with Gasteiger partial charge in [-0.05, 0) is 59.1 Å². The van der Waals surface area contributed by atoms with Crippen LogP contribution >= 0.6 is 22.7 Å². The van der Waals surface area contributed by atoms with E-state index in [1.807, 2.05) is 22.9 Å². The summed E-state index contributed by atoms with van der Waals surface area (Å²) in [6.07, 6.45) is 0.766. The van der Waals surface area contributed by atoms with Crippen molar-refractivity contribution in [3.05, 3.63) is 68.5 Å². The van der Waals surface area contributed by atoms with Crippen molar-refractivity contribution in [1.82, 2.24) is 9.21 Å². The van der Waals surface area contributed by atoms with Crippen molar-refractivity contribution in [2.24, 2.45) is 0 Å². The number of amides is 2. The molecule has 4 rings (SSSR count). The van der Waals surface area contributed by atoms with E-state index in [0.29, 0.717) is 12.2 Å². The van der Waals surface area contributed by atoms with E-state index in [9.17, 15) is 18.0 Å². The van der Waals surface area contributed by atoms with E-state index in [1.165, 1.54) is 43.1 Å². The standard InChI is InChI=1S/C22H23N3O4S3/c1-15(26)23-16-5-7-17(8-6-16)32(28,29)24(2)14-21(27)25-11-9-19-18(10-13-31-19)22(25)20-4-3-12-30-20/h3-8,10,12-13,22H,9,11,14H2,1-2H3,(H,23,26). The van der Waals surface area contributed by atoms with Gasteiger partial charge in [0.05, 0.1) is 17.5 Å². The van der Waals surface area contributed by atoms with Crippen LogP contribution in [0.2, 0.25) is 0 Å². The molecule has 0 saturated carbocycles. The summed E-state index contributed by atoms with van der Waals surface area (Å²) in [6, 6.07) is 11.7. The Labute approximate surface area is 195 Å². The molecule has 2 amide bonds. The Hall–Kier alpha value is -2.53. The number of carbonyl (C=O) groups excluding carboxylic acids is 2. The van der Waals surface area contributed by atoms with E-state index in [4.69, 9.17) is 0 Å². The summed E-state index contributed by atoms with van der Waals surface area (Å²) in [5, 5.41) is 6.63. The minimum Gasteiger partial charge on any atom is -0.329 e. The predicted molar refractivity (Wildman–Crippen MR) is 126 cm³/mol. The van der Waals surface area contributed by atoms with E-state index in [-0.39, 0.29) is 29.3 Å². The van der Waals surface area contributed by atoms with Gasteiger partial charge in [0.1, 0.15) is 0 Å². The number of sulfonamides is 1. The molecule has 2 aromatic heterocycles. The molecule has 1 aromatic carbocycles. The molecule has 0 bridgehead atoms. The van der Waals surface area contributed by atoms with Crippen LogP contribution in [-0.4, -0.2) is 49.6 Å². The lowest BCUT2D eigenvalue weighted by Gasteiger charge is -2.36. The van der Waals surface area contributed by atoms with Gasteiger partial charge < -0.3 is 10.2 Å². The number of hydrogen-bond donors (Lipinski definition) is 1. The highest BCUT2D eigenvalue weighted by atomic mass is 32.2. The number of likely N-dealkylation sites (N-methyl/N-ethyl adjacent to an activating group) is 1. The Bertz CT molecular complexity index is 1220. The average Bonchev–Trinajstić information content (AvgIpc) is 3.44. The Morgan fingerprint density at radius 1 is 1.12 bits per heavy atom. The maximum atomic E-state index is 13.3. The molecule has 32 heavy (non-hydrogen) atoms. The van der Waals surface area contributed by atoms with E-state index < -0.39 is 10.0 Å². The predicted octanol–water partition coefficient (Wildman–Crippen LogP) is 3.56. The van der Waals surface area contributed by atoms with Gasteiger partial charge in [0.2, 0.25) is 21.8 Å². The van der Waals surface area contributed by atoms with Gasteiger partial charge in [-0.15, -0.1) is 22.7 Å². The van der Waals surface area contributed by atoms with Gasteiger partial charge in [0, 0.05) is 36.0 Å². The van der Waals surface area contributed by atoms with Crippen LogP contribution in [0.5, 0.6) is 0 Å². The van der Waals surface area contributed by atoms with Crippen LogP contribution in [-0.2, 0) is 26.0 Å². The molecule has 1 unspecified atom stereocenters. The van der Waals surface area contributed by atoms with Crippen molar-refractivity contribution in [1.29, 1.82) is 0 Å². The van der Waals surface area contributed by atoms with E-state index >= 15 is 0 Å². The van der Waals surface area contributed by atoms with Crippen LogP contribution in [0.15, 0.2) is 58.1 Å². The molecule has 1 aliphatic rings. The van der Waals surface area contributed by atoms with Crippen LogP contribution in [0, 0.1) is 0 Å². The minimum absolute atomic E-state index is 0.0653. The molecule has 1 N–H and O–H groups in total. The Morgan fingerprint density at radius 2 is 1.88 bits per heavy atom. The molecule has 168 valence electrons. The second kappa shape index (κ2) is 9.14. The van der Waals surface area contributed by atoms with Gasteiger partial charge in [0.15, 0.2) is 0 Å². The summed E-state index contributed by atoms with van der Waals surface area (Å²) in [4.78, 5) is 28.6. The maximum absolute atomic E-state index is 13.3. The van der Waals surface area contributed by atoms with Gasteiger partial charge in [-0.25, -0.2) is 8.42 Å². The first-order chi connectivity index (χ1) is 15.3. The van der Waals surface area contributed by atoms with Gasteiger partial charge in [-0.2, -0.15) is 4.31 Å². The Kier molecular flexibility index (Phi) is 6.47. The highest BCUT2D eigenvalue weighted by Gasteiger charge is 2.35. The largest absolute Gasteiger partial charge is 0.329 e. The van der Waals surface area contributed by atoms with Crippen molar-refractivity contribution in [3.63, 3.8) is 0 Å². The lowest BCUT2D eigenvalue weighted by Crippen LogP contribution is -2.45. The Balaban J connectivity index is 1.53. The molecule has 0 fully saturated rings. The summed E-state index contributed by atoms with van der Waals surface area (Å²) in [6.45, 7) is 1.68. The fourth-order valence-electron chi connectivity index (χ4n) is 3.80. The summed E-state index contributed by atoms with van der Waals surface area (Å²) in [7, 11) is -2.45. The van der Waals surface area contributed by atoms with Gasteiger partial charge in [0.25, 0.3) is 0 Å². The summed E-state index contributed by atoms with van der Waals surface area (Å²) < 4.78 is 27.1. The van der Waals surface area contributed by atoms with E-state index in [2.05, 4.69) is 11.4 Å². The van der Waals surface area contributed by atoms with Crippen LogP contribution in [0.1, 0.15) is 28.3 Å². The number of nitrogens with one attached hydrogen (secondary N) is 1. The van der Waals surface area contributed by atoms with Crippen LogP contribution in [0.4, 0.5) is 5.69 Å². The monoisotopic (exact) mass is 489 g/mol. The summed E-state index contributed by atoms with van der Waals surface area (Å²) in [5.74, 6) is -0.472. The molecule has 7 nitrogen and oxygen atoms in total. The van der Waals surface area contributed by atoms with Gasteiger partial charge in [-0.1, -0.05) is 6.07 Å². The van der Waals surface area contributed by atoms with Crippen molar-refractivity contribution in [2.45, 2.75) is 24.3 Å². The zero-order chi connectivity index (χ0) is 22.9. The second-order valence-corrected chi connectivity index (χ2v) is 11.5. The molecular weight excluding hydrogens is 466 g/mol. The SMILES string of the molecule is CC(=O)Nc1ccc(S(=O)(=O)N(C)CC(=O)N2CCc3sccc3C2c2cccs2)cc1. The summed E-state index contributed by atoms with van der Waals surface area (Å²) in [5.41, 5.74) is 1.63. The fourth-order valence-corrected chi connectivity index (χ4v) is 6.68. The average molecular weight is 490 g/mol. The highest BCUT2D eigenvalue weighted by Crippen LogP contribution is 2.39. The summed E-state index contributed by atoms with van der Waals surface area (Å²) >= 11 is 3.29. The number of carbonyl (C=O) groups is 2. The molecule has 3 aromatic rings. The highest BCUT2D eigenvalue weighted by molar-refractivity contribution is 7.89. The molecule has 0 saturated heterocycles. The number of hydrogen-bond acceptors (Lipinski definition) is 6. The van der Waals surface area contributed by atoms with Crippen molar-refractivity contribution >= 4 is 50.2 Å². The lowest BCUT2D eigenvalue weighted by molar-refractivity contribution is -0.133. The first kappa shape index (κ1) is 22.7. The molecule has 3 heterocycles. The molecule has 1 atom stereocenters. The third kappa shape index (κ3) is 4.49. The van der Waals surface area contributed by atoms with Crippen molar-refractivity contribution in [2.75, 3.05) is 25.5 Å². The number of benzene rings is 1. The molecule has 0 spiro atoms. The van der Waals surface area contributed by atoms with Gasteiger partial charge in [-0.3, -0.25) is 9.59 Å². The first-order valence-corrected chi connectivity index (χ1v) is 13.2. The maximum Gasteiger partial charge on any atom is 0.243 e. The fraction of sp³-hybridized carbons (Fsp3) is 0.273. The third-order valence-electron chi connectivity index (χ3n) is 5.34. The Morgan fingerprint density at radius 3 is 2.53 bits per heavy atom. The first-order valence-electron chi connectivity index (χ1n) is 10.0. The molecule has 0 aliphatic carbocycles. The van der Waals surface area contributed by atoms with Crippen LogP contribution < -0.4 is 5.32 Å². The molecule has 1 aliphatic heterocycles. The lowest BCUT2D eigenvalue weighted by atomic mass is 9.98. The molecule has 0 radical (unpaired) electrons. The third-order valence-corrected chi connectivity index (χ3v) is 9.08. The molecular formula is C22H23N3O4S3. The topological polar surface area (TPSA) is 86.8 Å². The van der Waals surface area contributed by atoms with Crippen molar-refractivity contribution < 1.29 is 18.0 Å². The second-order valence-electron chi connectivity index (χ2n) is 7.52. The van der Waals surface area contributed by atoms with Crippen molar-refractivity contribution in [3.8, 4) is 0 Å². The van der Waals surface area contributed by atoms with E-state index in [1.54, 1.807) is 27.6 Å². The number of fused-ring (bicyclic) bond motifs is 1. The zero-order valence-corrected chi connectivity index (χ0v) is 20.1. The number of anilines is 1. The zero-order valence-electron chi connectivity index (χ0n) is 17.6. The number of nitrogens with zero attached hydrogens (tertiary/aromatic N) is 2. The number of thiophene rings is 2. The van der Waals surface area contributed by atoms with Crippen LogP contribution in [0.3, 0.4) is 0 Å². The van der Waals surface area contributed by atoms with E-state index in [0.717, 1.165) is 21.2 Å². The van der Waals surface area contributed by atoms with Crippen LogP contribution in [0.25, 0.3) is 0 Å². The normalized spacial score (nSPS) is 16.1.